The summed E-state index contributed by atoms with van der Waals surface area (Å²) >= 11 is 1.87. The molecule has 2 aromatic rings. The number of nitrogens with zero attached hydrogens (tertiary/aromatic N) is 2. The van der Waals surface area contributed by atoms with Crippen LogP contribution in [0.15, 0.2) is 41.8 Å². The third-order valence-corrected chi connectivity index (χ3v) is 5.01. The number of rotatable bonds is 5. The summed E-state index contributed by atoms with van der Waals surface area (Å²) in [5, 5.41) is 2.17. The lowest BCUT2D eigenvalue weighted by molar-refractivity contribution is 0.128. The monoisotopic (exact) mass is 301 g/mol. The van der Waals surface area contributed by atoms with Gasteiger partial charge >= 0.3 is 0 Å². The van der Waals surface area contributed by atoms with Gasteiger partial charge in [0.1, 0.15) is 0 Å². The van der Waals surface area contributed by atoms with Gasteiger partial charge in [-0.05, 0) is 35.6 Å². The molecule has 3 nitrogen and oxygen atoms in total. The zero-order valence-electron chi connectivity index (χ0n) is 12.4. The van der Waals surface area contributed by atoms with Crippen LogP contribution >= 0.6 is 11.3 Å². The van der Waals surface area contributed by atoms with Crippen LogP contribution in [0.1, 0.15) is 10.4 Å². The molecule has 1 aliphatic heterocycles. The number of benzene rings is 1. The molecule has 0 amide bonds. The van der Waals surface area contributed by atoms with Crippen LogP contribution in [0.3, 0.4) is 0 Å². The van der Waals surface area contributed by atoms with E-state index in [2.05, 4.69) is 39.4 Å². The third-order valence-electron chi connectivity index (χ3n) is 4.08. The van der Waals surface area contributed by atoms with Gasteiger partial charge in [-0.1, -0.05) is 18.2 Å². The summed E-state index contributed by atoms with van der Waals surface area (Å²) in [5.74, 6) is 0. The summed E-state index contributed by atoms with van der Waals surface area (Å²) in [6, 6.07) is 12.6. The molecular formula is C17H23N3S. The van der Waals surface area contributed by atoms with Crippen molar-refractivity contribution >= 4 is 17.0 Å². The van der Waals surface area contributed by atoms with E-state index in [0.29, 0.717) is 0 Å². The Hall–Kier alpha value is -1.36. The molecule has 1 aliphatic rings. The van der Waals surface area contributed by atoms with Gasteiger partial charge in [0.15, 0.2) is 0 Å². The van der Waals surface area contributed by atoms with E-state index in [1.807, 2.05) is 23.5 Å². The molecular weight excluding hydrogens is 278 g/mol. The minimum Gasteiger partial charge on any atom is -0.399 e. The first kappa shape index (κ1) is 14.6. The molecule has 0 spiro atoms. The average molecular weight is 301 g/mol. The van der Waals surface area contributed by atoms with E-state index in [9.17, 15) is 0 Å². The molecule has 0 saturated carbocycles. The molecule has 112 valence electrons. The van der Waals surface area contributed by atoms with E-state index in [1.165, 1.54) is 36.5 Å². The molecule has 1 aromatic heterocycles. The largest absolute Gasteiger partial charge is 0.399 e. The van der Waals surface area contributed by atoms with Crippen molar-refractivity contribution in [3.63, 3.8) is 0 Å². The van der Waals surface area contributed by atoms with Crippen LogP contribution < -0.4 is 5.73 Å². The van der Waals surface area contributed by atoms with Crippen molar-refractivity contribution in [2.75, 3.05) is 38.5 Å². The van der Waals surface area contributed by atoms with Gasteiger partial charge in [-0.25, -0.2) is 0 Å². The molecule has 0 atom stereocenters. The first-order valence-corrected chi connectivity index (χ1v) is 8.49. The molecule has 0 radical (unpaired) electrons. The minimum absolute atomic E-state index is 0.863. The molecule has 0 bridgehead atoms. The van der Waals surface area contributed by atoms with Crippen LogP contribution in [0.5, 0.6) is 0 Å². The quantitative estimate of drug-likeness (QED) is 0.862. The topological polar surface area (TPSA) is 32.5 Å². The van der Waals surface area contributed by atoms with Crippen LogP contribution in [0.4, 0.5) is 5.69 Å². The highest BCUT2D eigenvalue weighted by Crippen LogP contribution is 2.13. The summed E-state index contributed by atoms with van der Waals surface area (Å²) in [7, 11) is 0. The maximum Gasteiger partial charge on any atom is 0.0317 e. The van der Waals surface area contributed by atoms with Gasteiger partial charge in [0.2, 0.25) is 0 Å². The molecule has 1 aromatic carbocycles. The average Bonchev–Trinajstić information content (AvgIpc) is 3.00. The fraction of sp³-hybridized carbons (Fsp3) is 0.412. The molecule has 4 heteroatoms. The molecule has 2 heterocycles. The van der Waals surface area contributed by atoms with E-state index < -0.39 is 0 Å². The lowest BCUT2D eigenvalue weighted by atomic mass is 10.1. The Labute approximate surface area is 131 Å². The van der Waals surface area contributed by atoms with Crippen LogP contribution in [0, 0.1) is 0 Å². The number of nitrogens with two attached hydrogens (primary N) is 1. The Morgan fingerprint density at radius 2 is 1.81 bits per heavy atom. The Balaban J connectivity index is 1.42. The van der Waals surface area contributed by atoms with Gasteiger partial charge in [0.05, 0.1) is 0 Å². The van der Waals surface area contributed by atoms with Crippen molar-refractivity contribution < 1.29 is 0 Å². The number of piperazine rings is 1. The summed E-state index contributed by atoms with van der Waals surface area (Å²) < 4.78 is 0. The lowest BCUT2D eigenvalue weighted by Gasteiger charge is -2.34. The number of hydrogen-bond donors (Lipinski definition) is 1. The van der Waals surface area contributed by atoms with Crippen molar-refractivity contribution in [3.8, 4) is 0 Å². The van der Waals surface area contributed by atoms with Crippen LogP contribution in [-0.4, -0.2) is 42.5 Å². The Kier molecular flexibility index (Phi) is 4.91. The van der Waals surface area contributed by atoms with E-state index in [0.717, 1.165) is 25.3 Å². The highest BCUT2D eigenvalue weighted by Gasteiger charge is 2.16. The molecule has 2 N–H and O–H groups in total. The molecule has 0 unspecified atom stereocenters. The maximum absolute atomic E-state index is 5.85. The summed E-state index contributed by atoms with van der Waals surface area (Å²) in [6.45, 7) is 6.86. The Morgan fingerprint density at radius 3 is 2.52 bits per heavy atom. The molecule has 21 heavy (non-hydrogen) atoms. The van der Waals surface area contributed by atoms with E-state index in [4.69, 9.17) is 5.73 Å². The van der Waals surface area contributed by atoms with Gasteiger partial charge in [-0.3, -0.25) is 4.90 Å². The molecule has 0 aliphatic carbocycles. The zero-order chi connectivity index (χ0) is 14.5. The van der Waals surface area contributed by atoms with Gasteiger partial charge < -0.3 is 10.6 Å². The van der Waals surface area contributed by atoms with Gasteiger partial charge in [0.25, 0.3) is 0 Å². The second-order valence-corrected chi connectivity index (χ2v) is 6.72. The van der Waals surface area contributed by atoms with E-state index >= 15 is 0 Å². The van der Waals surface area contributed by atoms with Crippen molar-refractivity contribution in [2.45, 2.75) is 13.0 Å². The highest BCUT2D eigenvalue weighted by molar-refractivity contribution is 7.09. The minimum atomic E-state index is 0.863. The number of anilines is 1. The summed E-state index contributed by atoms with van der Waals surface area (Å²) in [4.78, 5) is 6.60. The molecule has 1 fully saturated rings. The van der Waals surface area contributed by atoms with Gasteiger partial charge in [-0.2, -0.15) is 0 Å². The van der Waals surface area contributed by atoms with Crippen LogP contribution in [0.25, 0.3) is 0 Å². The highest BCUT2D eigenvalue weighted by atomic mass is 32.1. The van der Waals surface area contributed by atoms with Crippen LogP contribution in [0.2, 0.25) is 0 Å². The summed E-state index contributed by atoms with van der Waals surface area (Å²) in [6.07, 6.45) is 1.19. The number of nitrogen functional groups attached to an aromatic ring is 1. The van der Waals surface area contributed by atoms with Gasteiger partial charge in [-0.15, -0.1) is 11.3 Å². The maximum atomic E-state index is 5.85. The van der Waals surface area contributed by atoms with Crippen molar-refractivity contribution in [2.24, 2.45) is 0 Å². The fourth-order valence-corrected chi connectivity index (χ4v) is 3.54. The van der Waals surface area contributed by atoms with E-state index in [-0.39, 0.29) is 0 Å². The first-order chi connectivity index (χ1) is 10.3. The smallest absolute Gasteiger partial charge is 0.0317 e. The first-order valence-electron chi connectivity index (χ1n) is 7.61. The molecule has 1 saturated heterocycles. The molecule has 3 rings (SSSR count). The SMILES string of the molecule is Nc1cccc(CN2CCN(CCc3cccs3)CC2)c1. The van der Waals surface area contributed by atoms with Crippen molar-refractivity contribution in [1.82, 2.24) is 9.80 Å². The third kappa shape index (κ3) is 4.30. The predicted molar refractivity (Wildman–Crippen MR) is 90.6 cm³/mol. The fourth-order valence-electron chi connectivity index (χ4n) is 2.84. The van der Waals surface area contributed by atoms with Crippen LogP contribution in [-0.2, 0) is 13.0 Å². The normalized spacial score (nSPS) is 17.1. The zero-order valence-corrected chi connectivity index (χ0v) is 13.2. The van der Waals surface area contributed by atoms with Crippen molar-refractivity contribution in [3.05, 3.63) is 52.2 Å². The van der Waals surface area contributed by atoms with E-state index in [1.54, 1.807) is 0 Å². The Morgan fingerprint density at radius 1 is 1.00 bits per heavy atom. The lowest BCUT2D eigenvalue weighted by Crippen LogP contribution is -2.46. The predicted octanol–water partition coefficient (Wildman–Crippen LogP) is 2.69. The number of thiophene rings is 1. The van der Waals surface area contributed by atoms with Gasteiger partial charge in [0, 0.05) is 49.8 Å². The Bertz CT molecular complexity index is 545. The van der Waals surface area contributed by atoms with Crippen molar-refractivity contribution in [1.29, 1.82) is 0 Å². The number of hydrogen-bond acceptors (Lipinski definition) is 4. The summed E-state index contributed by atoms with van der Waals surface area (Å²) in [5.41, 5.74) is 8.03. The second-order valence-electron chi connectivity index (χ2n) is 5.69. The standard InChI is InChI=1S/C17H23N3S/c18-16-4-1-3-15(13-16)14-20-10-8-19(9-11-20)7-6-17-5-2-12-21-17/h1-5,12-13H,6-11,14,18H2. The second kappa shape index (κ2) is 7.07.